The first-order valence-corrected chi connectivity index (χ1v) is 6.62. The Balaban J connectivity index is 2.45. The third-order valence-corrected chi connectivity index (χ3v) is 3.66. The van der Waals surface area contributed by atoms with Crippen LogP contribution in [0.2, 0.25) is 5.02 Å². The number of aromatic nitrogens is 2. The molecule has 0 aliphatic heterocycles. The maximum atomic E-state index is 13.8. The second-order valence-corrected chi connectivity index (χ2v) is 5.30. The molecule has 3 rings (SSSR count). The van der Waals surface area contributed by atoms with Crippen LogP contribution in [0.3, 0.4) is 0 Å². The van der Waals surface area contributed by atoms with E-state index in [9.17, 15) is 8.78 Å². The maximum absolute atomic E-state index is 13.8. The first-order valence-electron chi connectivity index (χ1n) is 5.83. The summed E-state index contributed by atoms with van der Waals surface area (Å²) in [6.07, 6.45) is 0. The molecule has 0 radical (unpaired) electrons. The lowest BCUT2D eigenvalue weighted by atomic mass is 10.2. The zero-order valence-corrected chi connectivity index (χ0v) is 11.9. The van der Waals surface area contributed by atoms with Gasteiger partial charge in [0.15, 0.2) is 10.6 Å². The molecule has 0 aliphatic rings. The van der Waals surface area contributed by atoms with Gasteiger partial charge in [-0.2, -0.15) is 0 Å². The third-order valence-electron chi connectivity index (χ3n) is 3.05. The molecule has 3 aromatic rings. The monoisotopic (exact) mass is 310 g/mol. The Morgan fingerprint density at radius 2 is 1.95 bits per heavy atom. The van der Waals surface area contributed by atoms with E-state index in [1.807, 2.05) is 19.1 Å². The van der Waals surface area contributed by atoms with Crippen molar-refractivity contribution in [3.05, 3.63) is 57.3 Å². The summed E-state index contributed by atoms with van der Waals surface area (Å²) in [5, 5.41) is 0.456. The minimum Gasteiger partial charge on any atom is -0.328 e. The zero-order chi connectivity index (χ0) is 14.4. The number of nitrogens with zero attached hydrogens (tertiary/aromatic N) is 1. The summed E-state index contributed by atoms with van der Waals surface area (Å²) in [7, 11) is 0. The molecule has 0 amide bonds. The van der Waals surface area contributed by atoms with Crippen LogP contribution in [-0.2, 0) is 0 Å². The van der Waals surface area contributed by atoms with Crippen molar-refractivity contribution in [2.24, 2.45) is 0 Å². The van der Waals surface area contributed by atoms with Crippen LogP contribution in [0.1, 0.15) is 5.56 Å². The molecule has 0 unspecified atom stereocenters. The summed E-state index contributed by atoms with van der Waals surface area (Å²) in [6.45, 7) is 1.90. The molecule has 1 heterocycles. The molecule has 0 fully saturated rings. The predicted molar refractivity (Wildman–Crippen MR) is 78.1 cm³/mol. The number of halogens is 3. The molecular weight excluding hydrogens is 302 g/mol. The molecular formula is C14H9ClF2N2S. The van der Waals surface area contributed by atoms with Gasteiger partial charge < -0.3 is 4.98 Å². The van der Waals surface area contributed by atoms with Gasteiger partial charge in [0.2, 0.25) is 0 Å². The van der Waals surface area contributed by atoms with Crippen molar-refractivity contribution in [1.82, 2.24) is 9.55 Å². The number of benzene rings is 2. The maximum Gasteiger partial charge on any atom is 0.182 e. The van der Waals surface area contributed by atoms with Crippen molar-refractivity contribution in [2.45, 2.75) is 6.92 Å². The molecule has 0 saturated carbocycles. The first kappa shape index (κ1) is 13.3. The Bertz CT molecular complexity index is 883. The van der Waals surface area contributed by atoms with Crippen molar-refractivity contribution in [1.29, 1.82) is 0 Å². The fourth-order valence-corrected chi connectivity index (χ4v) is 2.67. The number of rotatable bonds is 1. The van der Waals surface area contributed by atoms with E-state index in [2.05, 4.69) is 4.98 Å². The Kier molecular flexibility index (Phi) is 3.11. The summed E-state index contributed by atoms with van der Waals surface area (Å²) >= 11 is 11.4. The van der Waals surface area contributed by atoms with Crippen LogP contribution in [-0.4, -0.2) is 9.55 Å². The number of fused-ring (bicyclic) bond motifs is 1. The standard InChI is InChI=1S/C14H9ClF2N2S/c1-7-2-3-9(15)11(4-7)19-12-6-8(16)5-10(17)13(12)18-14(19)20/h2-6H,1H3,(H,18,20). The molecule has 1 N–H and O–H groups in total. The van der Waals surface area contributed by atoms with Gasteiger partial charge in [-0.1, -0.05) is 17.7 Å². The minimum absolute atomic E-state index is 0.161. The number of hydrogen-bond donors (Lipinski definition) is 1. The van der Waals surface area contributed by atoms with Crippen molar-refractivity contribution in [2.75, 3.05) is 0 Å². The summed E-state index contributed by atoms with van der Waals surface area (Å²) in [4.78, 5) is 2.75. The molecule has 6 heteroatoms. The molecule has 102 valence electrons. The lowest BCUT2D eigenvalue weighted by Crippen LogP contribution is -1.96. The van der Waals surface area contributed by atoms with Gasteiger partial charge in [0.25, 0.3) is 0 Å². The van der Waals surface area contributed by atoms with Crippen LogP contribution >= 0.6 is 23.8 Å². The second-order valence-electron chi connectivity index (χ2n) is 4.50. The second kappa shape index (κ2) is 4.68. The fraction of sp³-hybridized carbons (Fsp3) is 0.0714. The average molecular weight is 311 g/mol. The highest BCUT2D eigenvalue weighted by Gasteiger charge is 2.14. The van der Waals surface area contributed by atoms with Crippen LogP contribution in [0.25, 0.3) is 16.7 Å². The van der Waals surface area contributed by atoms with Gasteiger partial charge in [-0.15, -0.1) is 0 Å². The van der Waals surface area contributed by atoms with Gasteiger partial charge in [-0.3, -0.25) is 4.57 Å². The predicted octanol–water partition coefficient (Wildman–Crippen LogP) is 4.93. The lowest BCUT2D eigenvalue weighted by molar-refractivity contribution is 0.590. The van der Waals surface area contributed by atoms with Crippen LogP contribution < -0.4 is 0 Å². The van der Waals surface area contributed by atoms with E-state index in [0.29, 0.717) is 16.2 Å². The van der Waals surface area contributed by atoms with Gasteiger partial charge in [-0.05, 0) is 36.8 Å². The number of aromatic amines is 1. The van der Waals surface area contributed by atoms with Crippen molar-refractivity contribution in [3.8, 4) is 5.69 Å². The highest BCUT2D eigenvalue weighted by Crippen LogP contribution is 2.28. The van der Waals surface area contributed by atoms with Crippen LogP contribution in [0, 0.1) is 23.3 Å². The Morgan fingerprint density at radius 1 is 1.20 bits per heavy atom. The third kappa shape index (κ3) is 2.03. The molecule has 0 spiro atoms. The highest BCUT2D eigenvalue weighted by molar-refractivity contribution is 7.71. The minimum atomic E-state index is -0.686. The number of imidazole rings is 1. The zero-order valence-electron chi connectivity index (χ0n) is 10.4. The smallest absolute Gasteiger partial charge is 0.182 e. The Labute approximate surface area is 123 Å². The summed E-state index contributed by atoms with van der Waals surface area (Å²) in [5.74, 6) is -1.35. The van der Waals surface area contributed by atoms with Gasteiger partial charge in [0.1, 0.15) is 11.3 Å². The van der Waals surface area contributed by atoms with Crippen molar-refractivity contribution >= 4 is 34.9 Å². The molecule has 2 aromatic carbocycles. The van der Waals surface area contributed by atoms with Crippen molar-refractivity contribution in [3.63, 3.8) is 0 Å². The summed E-state index contributed by atoms with van der Waals surface area (Å²) in [5.41, 5.74) is 2.04. The Hall–Kier alpha value is -1.72. The van der Waals surface area contributed by atoms with Gasteiger partial charge in [-0.25, -0.2) is 8.78 Å². The van der Waals surface area contributed by atoms with E-state index in [1.54, 1.807) is 6.07 Å². The lowest BCUT2D eigenvalue weighted by Gasteiger charge is -2.08. The first-order chi connectivity index (χ1) is 9.47. The van der Waals surface area contributed by atoms with E-state index in [4.69, 9.17) is 23.8 Å². The SMILES string of the molecule is Cc1ccc(Cl)c(-n2c(=S)[nH]c3c(F)cc(F)cc32)c1. The highest BCUT2D eigenvalue weighted by atomic mass is 35.5. The summed E-state index contributed by atoms with van der Waals surface area (Å²) < 4.78 is 29.0. The molecule has 2 nitrogen and oxygen atoms in total. The number of hydrogen-bond acceptors (Lipinski definition) is 1. The van der Waals surface area contributed by atoms with Gasteiger partial charge >= 0.3 is 0 Å². The quantitative estimate of drug-likeness (QED) is 0.632. The Morgan fingerprint density at radius 3 is 2.70 bits per heavy atom. The molecule has 1 aromatic heterocycles. The van der Waals surface area contributed by atoms with E-state index in [-0.39, 0.29) is 10.3 Å². The molecule has 0 saturated heterocycles. The topological polar surface area (TPSA) is 20.7 Å². The fourth-order valence-electron chi connectivity index (χ4n) is 2.17. The molecule has 0 aliphatic carbocycles. The number of H-pyrrole nitrogens is 1. The van der Waals surface area contributed by atoms with Crippen molar-refractivity contribution < 1.29 is 8.78 Å². The van der Waals surface area contributed by atoms with Gasteiger partial charge in [0, 0.05) is 12.1 Å². The van der Waals surface area contributed by atoms with E-state index in [1.165, 1.54) is 10.6 Å². The van der Waals surface area contributed by atoms with Crippen LogP contribution in [0.15, 0.2) is 30.3 Å². The van der Waals surface area contributed by atoms with E-state index < -0.39 is 11.6 Å². The van der Waals surface area contributed by atoms with E-state index in [0.717, 1.165) is 11.6 Å². The molecule has 0 atom stereocenters. The van der Waals surface area contributed by atoms with E-state index >= 15 is 0 Å². The molecule has 20 heavy (non-hydrogen) atoms. The van der Waals surface area contributed by atoms with Crippen LogP contribution in [0.4, 0.5) is 8.78 Å². The van der Waals surface area contributed by atoms with Gasteiger partial charge in [0.05, 0.1) is 16.2 Å². The summed E-state index contributed by atoms with van der Waals surface area (Å²) in [6, 6.07) is 7.43. The van der Waals surface area contributed by atoms with Crippen LogP contribution in [0.5, 0.6) is 0 Å². The molecule has 0 bridgehead atoms. The largest absolute Gasteiger partial charge is 0.328 e. The number of aryl methyl sites for hydroxylation is 1. The normalized spacial score (nSPS) is 11.2. The number of nitrogens with one attached hydrogen (secondary N) is 1. The average Bonchev–Trinajstić information content (AvgIpc) is 2.69.